The van der Waals surface area contributed by atoms with Gasteiger partial charge in [-0.2, -0.15) is 0 Å². The molecule has 16 heavy (non-hydrogen) atoms. The van der Waals surface area contributed by atoms with Crippen LogP contribution in [0.25, 0.3) is 11.0 Å². The van der Waals surface area contributed by atoms with E-state index in [0.29, 0.717) is 6.42 Å². The van der Waals surface area contributed by atoms with Crippen molar-refractivity contribution >= 4 is 22.6 Å². The summed E-state index contributed by atoms with van der Waals surface area (Å²) >= 11 is 0. The SMILES string of the molecule is O=C1CCCN1c1ccc2[nH]c(=O)[nH]c2c1. The predicted molar refractivity (Wildman–Crippen MR) is 60.5 cm³/mol. The average Bonchev–Trinajstić information content (AvgIpc) is 2.81. The molecule has 1 aromatic carbocycles. The van der Waals surface area contributed by atoms with Crippen LogP contribution in [-0.2, 0) is 4.79 Å². The van der Waals surface area contributed by atoms with Gasteiger partial charge >= 0.3 is 5.69 Å². The fourth-order valence-electron chi connectivity index (χ4n) is 2.11. The second-order valence-corrected chi connectivity index (χ2v) is 3.96. The van der Waals surface area contributed by atoms with Crippen molar-refractivity contribution in [2.45, 2.75) is 12.8 Å². The number of rotatable bonds is 1. The number of hydrogen-bond donors (Lipinski definition) is 2. The summed E-state index contributed by atoms with van der Waals surface area (Å²) in [5, 5.41) is 0. The van der Waals surface area contributed by atoms with E-state index in [1.54, 1.807) is 4.90 Å². The topological polar surface area (TPSA) is 69.0 Å². The average molecular weight is 217 g/mol. The van der Waals surface area contributed by atoms with Gasteiger partial charge in [-0.3, -0.25) is 4.79 Å². The van der Waals surface area contributed by atoms with Gasteiger partial charge in [-0.1, -0.05) is 0 Å². The van der Waals surface area contributed by atoms with Crippen LogP contribution in [0.5, 0.6) is 0 Å². The Morgan fingerprint density at radius 3 is 2.69 bits per heavy atom. The van der Waals surface area contributed by atoms with E-state index in [4.69, 9.17) is 0 Å². The summed E-state index contributed by atoms with van der Waals surface area (Å²) < 4.78 is 0. The third-order valence-corrected chi connectivity index (χ3v) is 2.88. The molecule has 1 amide bonds. The molecule has 2 heterocycles. The van der Waals surface area contributed by atoms with Crippen LogP contribution in [-0.4, -0.2) is 22.4 Å². The molecule has 0 unspecified atom stereocenters. The monoisotopic (exact) mass is 217 g/mol. The molecule has 5 nitrogen and oxygen atoms in total. The van der Waals surface area contributed by atoms with Crippen LogP contribution >= 0.6 is 0 Å². The van der Waals surface area contributed by atoms with Gasteiger partial charge < -0.3 is 14.9 Å². The number of benzene rings is 1. The molecule has 2 N–H and O–H groups in total. The lowest BCUT2D eigenvalue weighted by atomic mass is 10.2. The number of nitrogens with one attached hydrogen (secondary N) is 2. The van der Waals surface area contributed by atoms with Crippen LogP contribution in [0.4, 0.5) is 5.69 Å². The molecule has 0 aliphatic carbocycles. The number of hydrogen-bond acceptors (Lipinski definition) is 2. The second kappa shape index (κ2) is 3.23. The molecule has 1 aliphatic heterocycles. The first-order valence-corrected chi connectivity index (χ1v) is 5.26. The fourth-order valence-corrected chi connectivity index (χ4v) is 2.11. The number of aromatic nitrogens is 2. The first-order chi connectivity index (χ1) is 7.74. The zero-order valence-electron chi connectivity index (χ0n) is 8.62. The molecule has 1 aliphatic rings. The molecule has 0 spiro atoms. The highest BCUT2D eigenvalue weighted by Gasteiger charge is 2.21. The van der Waals surface area contributed by atoms with Gasteiger partial charge in [0.15, 0.2) is 0 Å². The normalized spacial score (nSPS) is 16.2. The number of carbonyl (C=O) groups excluding carboxylic acids is 1. The Kier molecular flexibility index (Phi) is 1.86. The Hall–Kier alpha value is -2.04. The molecule has 2 aromatic rings. The highest BCUT2D eigenvalue weighted by molar-refractivity contribution is 5.96. The number of amides is 1. The van der Waals surface area contributed by atoms with Crippen molar-refractivity contribution in [1.29, 1.82) is 0 Å². The number of nitrogens with zero attached hydrogens (tertiary/aromatic N) is 1. The summed E-state index contributed by atoms with van der Waals surface area (Å²) in [6.45, 7) is 0.763. The van der Waals surface area contributed by atoms with Crippen LogP contribution < -0.4 is 10.6 Å². The van der Waals surface area contributed by atoms with Gasteiger partial charge in [-0.15, -0.1) is 0 Å². The Labute approximate surface area is 91.1 Å². The van der Waals surface area contributed by atoms with Crippen molar-refractivity contribution in [3.05, 3.63) is 28.7 Å². The standard InChI is InChI=1S/C11H11N3O2/c15-10-2-1-5-14(10)7-3-4-8-9(6-7)13-11(16)12-8/h3-4,6H,1-2,5H2,(H2,12,13,16). The maximum Gasteiger partial charge on any atom is 0.323 e. The molecule has 1 aromatic heterocycles. The minimum Gasteiger partial charge on any atom is -0.312 e. The van der Waals surface area contributed by atoms with Crippen molar-refractivity contribution in [2.75, 3.05) is 11.4 Å². The maximum absolute atomic E-state index is 11.6. The lowest BCUT2D eigenvalue weighted by Gasteiger charge is -2.15. The molecule has 5 heteroatoms. The number of fused-ring (bicyclic) bond motifs is 1. The molecule has 82 valence electrons. The third-order valence-electron chi connectivity index (χ3n) is 2.88. The number of anilines is 1. The third kappa shape index (κ3) is 1.32. The van der Waals surface area contributed by atoms with Crippen molar-refractivity contribution in [2.24, 2.45) is 0 Å². The van der Waals surface area contributed by atoms with Crippen molar-refractivity contribution in [3.8, 4) is 0 Å². The van der Waals surface area contributed by atoms with Gasteiger partial charge in [0.25, 0.3) is 0 Å². The number of imidazole rings is 1. The van der Waals surface area contributed by atoms with Gasteiger partial charge in [0.05, 0.1) is 11.0 Å². The van der Waals surface area contributed by atoms with Crippen molar-refractivity contribution in [1.82, 2.24) is 9.97 Å². The van der Waals surface area contributed by atoms with Gasteiger partial charge in [-0.05, 0) is 24.6 Å². The molecular weight excluding hydrogens is 206 g/mol. The molecule has 0 saturated carbocycles. The summed E-state index contributed by atoms with van der Waals surface area (Å²) in [7, 11) is 0. The van der Waals surface area contributed by atoms with E-state index in [-0.39, 0.29) is 11.6 Å². The van der Waals surface area contributed by atoms with E-state index in [1.807, 2.05) is 18.2 Å². The zero-order chi connectivity index (χ0) is 11.1. The number of aromatic amines is 2. The van der Waals surface area contributed by atoms with E-state index in [9.17, 15) is 9.59 Å². The van der Waals surface area contributed by atoms with E-state index >= 15 is 0 Å². The van der Waals surface area contributed by atoms with Crippen LogP contribution in [0, 0.1) is 0 Å². The van der Waals surface area contributed by atoms with Crippen LogP contribution in [0.3, 0.4) is 0 Å². The number of carbonyl (C=O) groups is 1. The Morgan fingerprint density at radius 2 is 1.94 bits per heavy atom. The molecule has 0 radical (unpaired) electrons. The van der Waals surface area contributed by atoms with E-state index < -0.39 is 0 Å². The molecule has 1 fully saturated rings. The minimum absolute atomic E-state index is 0.150. The summed E-state index contributed by atoms with van der Waals surface area (Å²) in [4.78, 5) is 29.8. The summed E-state index contributed by atoms with van der Waals surface area (Å²) in [6, 6.07) is 5.50. The lowest BCUT2D eigenvalue weighted by Crippen LogP contribution is -2.23. The van der Waals surface area contributed by atoms with Crippen molar-refractivity contribution in [3.63, 3.8) is 0 Å². The van der Waals surface area contributed by atoms with Crippen LogP contribution in [0.15, 0.2) is 23.0 Å². The highest BCUT2D eigenvalue weighted by Crippen LogP contribution is 2.23. The van der Waals surface area contributed by atoms with Crippen LogP contribution in [0.1, 0.15) is 12.8 Å². The first-order valence-electron chi connectivity index (χ1n) is 5.26. The molecule has 3 rings (SSSR count). The minimum atomic E-state index is -0.222. The first kappa shape index (κ1) is 9.21. The summed E-state index contributed by atoms with van der Waals surface area (Å²) in [5.41, 5.74) is 2.13. The van der Waals surface area contributed by atoms with Gasteiger partial charge in [0, 0.05) is 18.7 Å². The Balaban J connectivity index is 2.10. The molecule has 0 bridgehead atoms. The smallest absolute Gasteiger partial charge is 0.312 e. The van der Waals surface area contributed by atoms with E-state index in [0.717, 1.165) is 29.7 Å². The zero-order valence-corrected chi connectivity index (χ0v) is 8.62. The molecule has 1 saturated heterocycles. The maximum atomic E-state index is 11.6. The quantitative estimate of drug-likeness (QED) is 0.747. The van der Waals surface area contributed by atoms with Crippen molar-refractivity contribution < 1.29 is 4.79 Å². The number of H-pyrrole nitrogens is 2. The second-order valence-electron chi connectivity index (χ2n) is 3.96. The Bertz CT molecular complexity index is 611. The van der Waals surface area contributed by atoms with E-state index in [1.165, 1.54) is 0 Å². The van der Waals surface area contributed by atoms with Gasteiger partial charge in [-0.25, -0.2) is 4.79 Å². The summed E-state index contributed by atoms with van der Waals surface area (Å²) in [6.07, 6.45) is 1.52. The fraction of sp³-hybridized carbons (Fsp3) is 0.273. The van der Waals surface area contributed by atoms with E-state index in [2.05, 4.69) is 9.97 Å². The van der Waals surface area contributed by atoms with Gasteiger partial charge in [0.2, 0.25) is 5.91 Å². The molecular formula is C11H11N3O2. The van der Waals surface area contributed by atoms with Gasteiger partial charge in [0.1, 0.15) is 0 Å². The largest absolute Gasteiger partial charge is 0.323 e. The summed E-state index contributed by atoms with van der Waals surface area (Å²) in [5.74, 6) is 0.150. The molecule has 0 atom stereocenters. The highest BCUT2D eigenvalue weighted by atomic mass is 16.2. The Morgan fingerprint density at radius 1 is 1.12 bits per heavy atom. The predicted octanol–water partition coefficient (Wildman–Crippen LogP) is 0.983. The van der Waals surface area contributed by atoms with Crippen LogP contribution in [0.2, 0.25) is 0 Å². The lowest BCUT2D eigenvalue weighted by molar-refractivity contribution is -0.117.